The van der Waals surface area contributed by atoms with Gasteiger partial charge >= 0.3 is 0 Å². The minimum absolute atomic E-state index is 0.593. The summed E-state index contributed by atoms with van der Waals surface area (Å²) < 4.78 is 1.13. The SMILES string of the molecule is Cc1cc(NC(=S)N[C@H]2C[C@H]3CC[C@@H]2C3)ccc1Br. The second-order valence-electron chi connectivity index (χ2n) is 5.84. The molecule has 0 aromatic heterocycles. The fourth-order valence-electron chi connectivity index (χ4n) is 3.48. The van der Waals surface area contributed by atoms with Crippen LogP contribution < -0.4 is 10.6 Å². The summed E-state index contributed by atoms with van der Waals surface area (Å²) in [5.41, 5.74) is 2.27. The average molecular weight is 339 g/mol. The van der Waals surface area contributed by atoms with Gasteiger partial charge in [0, 0.05) is 16.2 Å². The highest BCUT2D eigenvalue weighted by Crippen LogP contribution is 2.44. The number of rotatable bonds is 2. The predicted octanol–water partition coefficient (Wildman–Crippen LogP) is 4.23. The van der Waals surface area contributed by atoms with Crippen molar-refractivity contribution in [3.8, 4) is 0 Å². The molecule has 3 atom stereocenters. The molecule has 1 aromatic rings. The van der Waals surface area contributed by atoms with Crippen molar-refractivity contribution in [1.82, 2.24) is 5.32 Å². The maximum atomic E-state index is 5.43. The number of aryl methyl sites for hydroxylation is 1. The van der Waals surface area contributed by atoms with Gasteiger partial charge in [-0.1, -0.05) is 22.4 Å². The maximum Gasteiger partial charge on any atom is 0.171 e. The normalized spacial score (nSPS) is 28.4. The van der Waals surface area contributed by atoms with Gasteiger partial charge in [0.05, 0.1) is 0 Å². The fourth-order valence-corrected chi connectivity index (χ4v) is 4.00. The lowest BCUT2D eigenvalue weighted by Gasteiger charge is -2.24. The molecule has 2 fully saturated rings. The molecule has 2 bridgehead atoms. The van der Waals surface area contributed by atoms with Crippen molar-refractivity contribution in [3.63, 3.8) is 0 Å². The van der Waals surface area contributed by atoms with Crippen LogP contribution in [0.15, 0.2) is 22.7 Å². The molecular weight excluding hydrogens is 320 g/mol. The zero-order valence-corrected chi connectivity index (χ0v) is 13.5. The van der Waals surface area contributed by atoms with Crippen LogP contribution in [0.25, 0.3) is 0 Å². The molecular formula is C15H19BrN2S. The van der Waals surface area contributed by atoms with Crippen LogP contribution in [0.5, 0.6) is 0 Å². The first kappa shape index (κ1) is 13.4. The molecule has 2 N–H and O–H groups in total. The van der Waals surface area contributed by atoms with Crippen molar-refractivity contribution in [1.29, 1.82) is 0 Å². The summed E-state index contributed by atoms with van der Waals surface area (Å²) in [6.45, 7) is 2.08. The number of thiocarbonyl (C=S) groups is 1. The van der Waals surface area contributed by atoms with Crippen molar-refractivity contribution < 1.29 is 0 Å². The number of fused-ring (bicyclic) bond motifs is 2. The van der Waals surface area contributed by atoms with Crippen LogP contribution in [0.4, 0.5) is 5.69 Å². The van der Waals surface area contributed by atoms with Gasteiger partial charge in [0.15, 0.2) is 5.11 Å². The molecule has 2 aliphatic carbocycles. The molecule has 0 unspecified atom stereocenters. The van der Waals surface area contributed by atoms with E-state index < -0.39 is 0 Å². The molecule has 19 heavy (non-hydrogen) atoms. The first-order valence-corrected chi connectivity index (χ1v) is 8.15. The van der Waals surface area contributed by atoms with Crippen LogP contribution in [0.2, 0.25) is 0 Å². The number of nitrogens with one attached hydrogen (secondary N) is 2. The van der Waals surface area contributed by atoms with E-state index in [0.29, 0.717) is 6.04 Å². The zero-order chi connectivity index (χ0) is 13.4. The van der Waals surface area contributed by atoms with E-state index in [1.165, 1.54) is 31.2 Å². The van der Waals surface area contributed by atoms with Crippen molar-refractivity contribution >= 4 is 38.9 Å². The third-order valence-corrected chi connectivity index (χ3v) is 5.58. The van der Waals surface area contributed by atoms with Gasteiger partial charge in [-0.15, -0.1) is 0 Å². The fraction of sp³-hybridized carbons (Fsp3) is 0.533. The highest BCUT2D eigenvalue weighted by atomic mass is 79.9. The minimum Gasteiger partial charge on any atom is -0.359 e. The summed E-state index contributed by atoms with van der Waals surface area (Å²) in [4.78, 5) is 0. The predicted molar refractivity (Wildman–Crippen MR) is 87.5 cm³/mol. The van der Waals surface area contributed by atoms with Crippen molar-refractivity contribution in [2.45, 2.75) is 38.6 Å². The molecule has 2 saturated carbocycles. The Morgan fingerprint density at radius 3 is 2.79 bits per heavy atom. The Morgan fingerprint density at radius 2 is 2.16 bits per heavy atom. The lowest BCUT2D eigenvalue weighted by Crippen LogP contribution is -2.40. The highest BCUT2D eigenvalue weighted by molar-refractivity contribution is 9.10. The molecule has 3 rings (SSSR count). The Morgan fingerprint density at radius 1 is 1.32 bits per heavy atom. The van der Waals surface area contributed by atoms with E-state index >= 15 is 0 Å². The van der Waals surface area contributed by atoms with Crippen LogP contribution in [0, 0.1) is 18.8 Å². The largest absolute Gasteiger partial charge is 0.359 e. The van der Waals surface area contributed by atoms with E-state index in [4.69, 9.17) is 12.2 Å². The van der Waals surface area contributed by atoms with E-state index in [9.17, 15) is 0 Å². The third kappa shape index (κ3) is 2.95. The van der Waals surface area contributed by atoms with Crippen molar-refractivity contribution in [2.24, 2.45) is 11.8 Å². The molecule has 0 saturated heterocycles. The molecule has 1 aromatic carbocycles. The maximum absolute atomic E-state index is 5.43. The molecule has 0 amide bonds. The van der Waals surface area contributed by atoms with Gasteiger partial charge in [-0.3, -0.25) is 0 Å². The standard InChI is InChI=1S/C15H19BrN2S/c1-9-6-12(4-5-13(9)16)17-15(19)18-14-8-10-2-3-11(14)7-10/h4-6,10-11,14H,2-3,7-8H2,1H3,(H2,17,18,19)/t10-,11+,14-/m0/s1. The van der Waals surface area contributed by atoms with Gasteiger partial charge in [0.2, 0.25) is 0 Å². The smallest absolute Gasteiger partial charge is 0.171 e. The second-order valence-corrected chi connectivity index (χ2v) is 7.11. The molecule has 102 valence electrons. The number of benzene rings is 1. The lowest BCUT2D eigenvalue weighted by atomic mass is 9.96. The zero-order valence-electron chi connectivity index (χ0n) is 11.1. The van der Waals surface area contributed by atoms with Gasteiger partial charge in [0.1, 0.15) is 0 Å². The van der Waals surface area contributed by atoms with Crippen LogP contribution in [-0.4, -0.2) is 11.2 Å². The van der Waals surface area contributed by atoms with Crippen molar-refractivity contribution in [2.75, 3.05) is 5.32 Å². The second kappa shape index (κ2) is 5.41. The quantitative estimate of drug-likeness (QED) is 0.789. The Hall–Kier alpha value is -0.610. The molecule has 0 heterocycles. The monoisotopic (exact) mass is 338 g/mol. The van der Waals surface area contributed by atoms with Gasteiger partial charge in [-0.25, -0.2) is 0 Å². The molecule has 0 aliphatic heterocycles. The van der Waals surface area contributed by atoms with Gasteiger partial charge in [0.25, 0.3) is 0 Å². The van der Waals surface area contributed by atoms with Crippen molar-refractivity contribution in [3.05, 3.63) is 28.2 Å². The van der Waals surface area contributed by atoms with Gasteiger partial charge in [-0.2, -0.15) is 0 Å². The van der Waals surface area contributed by atoms with Crippen LogP contribution >= 0.6 is 28.1 Å². The van der Waals surface area contributed by atoms with E-state index in [0.717, 1.165) is 27.1 Å². The number of anilines is 1. The van der Waals surface area contributed by atoms with E-state index in [2.05, 4.69) is 45.6 Å². The Balaban J connectivity index is 1.57. The Bertz CT molecular complexity index is 503. The topological polar surface area (TPSA) is 24.1 Å². The first-order valence-electron chi connectivity index (χ1n) is 6.95. The number of hydrogen-bond donors (Lipinski definition) is 2. The van der Waals surface area contributed by atoms with Crippen LogP contribution in [-0.2, 0) is 0 Å². The van der Waals surface area contributed by atoms with E-state index in [1.807, 2.05) is 6.07 Å². The minimum atomic E-state index is 0.593. The first-order chi connectivity index (χ1) is 9.11. The third-order valence-electron chi connectivity index (χ3n) is 4.47. The summed E-state index contributed by atoms with van der Waals surface area (Å²) in [6.07, 6.45) is 5.50. The number of halogens is 1. The van der Waals surface area contributed by atoms with Crippen LogP contribution in [0.3, 0.4) is 0 Å². The Kier molecular flexibility index (Phi) is 3.81. The van der Waals surface area contributed by atoms with E-state index in [-0.39, 0.29) is 0 Å². The average Bonchev–Trinajstić information content (AvgIpc) is 2.96. The summed E-state index contributed by atoms with van der Waals surface area (Å²) in [5.74, 6) is 1.79. The summed E-state index contributed by atoms with van der Waals surface area (Å²) in [5, 5.41) is 7.56. The highest BCUT2D eigenvalue weighted by Gasteiger charge is 2.39. The summed E-state index contributed by atoms with van der Waals surface area (Å²) >= 11 is 8.94. The molecule has 0 radical (unpaired) electrons. The van der Waals surface area contributed by atoms with Gasteiger partial charge < -0.3 is 10.6 Å². The van der Waals surface area contributed by atoms with E-state index in [1.54, 1.807) is 0 Å². The molecule has 4 heteroatoms. The summed E-state index contributed by atoms with van der Waals surface area (Å²) in [7, 11) is 0. The number of hydrogen-bond acceptors (Lipinski definition) is 1. The molecule has 2 nitrogen and oxygen atoms in total. The van der Waals surface area contributed by atoms with Crippen LogP contribution in [0.1, 0.15) is 31.2 Å². The van der Waals surface area contributed by atoms with Gasteiger partial charge in [-0.05, 0) is 74.0 Å². The Labute approximate surface area is 128 Å². The summed E-state index contributed by atoms with van der Waals surface area (Å²) in [6, 6.07) is 6.80. The lowest BCUT2D eigenvalue weighted by molar-refractivity contribution is 0.392. The molecule has 2 aliphatic rings. The molecule has 0 spiro atoms.